The Balaban J connectivity index is 2.06. The first-order chi connectivity index (χ1) is 11.3. The molecule has 0 aliphatic carbocycles. The van der Waals surface area contributed by atoms with Crippen molar-refractivity contribution >= 4 is 46.4 Å². The molecule has 2 aromatic rings. The summed E-state index contributed by atoms with van der Waals surface area (Å²) in [5, 5.41) is 8.45. The summed E-state index contributed by atoms with van der Waals surface area (Å²) in [7, 11) is 1.79. The quantitative estimate of drug-likeness (QED) is 0.807. The number of likely N-dealkylation sites (N-methyl/N-ethyl adjacent to an activating group) is 1. The molecule has 0 fully saturated rings. The average molecular weight is 390 g/mol. The second-order valence-corrected chi connectivity index (χ2v) is 6.60. The molecule has 1 aromatic heterocycles. The molecule has 1 heterocycles. The van der Waals surface area contributed by atoms with Crippen molar-refractivity contribution in [3.05, 3.63) is 44.7 Å². The lowest BCUT2D eigenvalue weighted by molar-refractivity contribution is -0.117. The minimum Gasteiger partial charge on any atom is -0.322 e. The third-order valence-electron chi connectivity index (χ3n) is 3.69. The van der Waals surface area contributed by atoms with E-state index in [9.17, 15) is 4.79 Å². The number of halogens is 3. The summed E-state index contributed by atoms with van der Waals surface area (Å²) in [6.07, 6.45) is 0. The summed E-state index contributed by atoms with van der Waals surface area (Å²) >= 11 is 18.4. The topological polar surface area (TPSA) is 50.2 Å². The van der Waals surface area contributed by atoms with E-state index in [0.29, 0.717) is 34.0 Å². The second kappa shape index (κ2) is 8.21. The molecule has 2 rings (SSSR count). The average Bonchev–Trinajstić information content (AvgIpc) is 2.76. The Hall–Kier alpha value is -1.27. The molecular formula is C16H19Cl3N4O. The third-order valence-corrected chi connectivity index (χ3v) is 4.80. The smallest absolute Gasteiger partial charge is 0.238 e. The van der Waals surface area contributed by atoms with Crippen LogP contribution in [0.4, 0.5) is 5.69 Å². The highest BCUT2D eigenvalue weighted by Gasteiger charge is 2.17. The fraction of sp³-hybridized carbons (Fsp3) is 0.375. The molecule has 0 radical (unpaired) electrons. The molecular weight excluding hydrogens is 371 g/mol. The lowest BCUT2D eigenvalue weighted by atomic mass is 10.2. The maximum Gasteiger partial charge on any atom is 0.238 e. The molecule has 8 heteroatoms. The largest absolute Gasteiger partial charge is 0.322 e. The summed E-state index contributed by atoms with van der Waals surface area (Å²) in [5.74, 6) is -0.190. The van der Waals surface area contributed by atoms with Gasteiger partial charge >= 0.3 is 0 Å². The van der Waals surface area contributed by atoms with Gasteiger partial charge in [0.2, 0.25) is 5.91 Å². The van der Waals surface area contributed by atoms with Gasteiger partial charge in [0.25, 0.3) is 0 Å². The van der Waals surface area contributed by atoms with Crippen molar-refractivity contribution in [1.29, 1.82) is 0 Å². The number of carbonyl (C=O) groups excluding carboxylic acids is 1. The van der Waals surface area contributed by atoms with E-state index in [0.717, 1.165) is 11.3 Å². The van der Waals surface area contributed by atoms with Gasteiger partial charge in [-0.3, -0.25) is 14.4 Å². The van der Waals surface area contributed by atoms with E-state index < -0.39 is 0 Å². The standard InChI is InChI=1S/C16H19Cl3N4O/c1-4-23(8-11-10(2)21-22(3)16(11)19)9-14(24)20-15-12(17)6-5-7-13(15)18/h5-7H,4,8-9H2,1-3H3,(H,20,24). The SMILES string of the molecule is CCN(CC(=O)Nc1c(Cl)cccc1Cl)Cc1c(C)nn(C)c1Cl. The number of nitrogens with zero attached hydrogens (tertiary/aromatic N) is 3. The Labute approximate surface area is 156 Å². The Morgan fingerprint density at radius 2 is 1.92 bits per heavy atom. The highest BCUT2D eigenvalue weighted by atomic mass is 35.5. The van der Waals surface area contributed by atoms with Crippen molar-refractivity contribution in [1.82, 2.24) is 14.7 Å². The van der Waals surface area contributed by atoms with Gasteiger partial charge < -0.3 is 5.32 Å². The molecule has 1 N–H and O–H groups in total. The van der Waals surface area contributed by atoms with Crippen LogP contribution in [0.3, 0.4) is 0 Å². The summed E-state index contributed by atoms with van der Waals surface area (Å²) in [5.41, 5.74) is 2.21. The van der Waals surface area contributed by atoms with Crippen molar-refractivity contribution < 1.29 is 4.79 Å². The van der Waals surface area contributed by atoms with Crippen LogP contribution in [-0.4, -0.2) is 33.7 Å². The number of aromatic nitrogens is 2. The van der Waals surface area contributed by atoms with Crippen molar-refractivity contribution in [3.8, 4) is 0 Å². The van der Waals surface area contributed by atoms with Gasteiger partial charge in [-0.05, 0) is 25.6 Å². The molecule has 0 aliphatic rings. The van der Waals surface area contributed by atoms with E-state index in [-0.39, 0.29) is 12.5 Å². The van der Waals surface area contributed by atoms with E-state index in [1.807, 2.05) is 18.7 Å². The van der Waals surface area contributed by atoms with Crippen LogP contribution in [0.15, 0.2) is 18.2 Å². The van der Waals surface area contributed by atoms with E-state index in [2.05, 4.69) is 10.4 Å². The lowest BCUT2D eigenvalue weighted by Gasteiger charge is -2.20. The molecule has 0 saturated heterocycles. The van der Waals surface area contributed by atoms with Gasteiger partial charge in [-0.2, -0.15) is 5.10 Å². The van der Waals surface area contributed by atoms with Gasteiger partial charge in [0.15, 0.2) is 0 Å². The molecule has 1 amide bonds. The lowest BCUT2D eigenvalue weighted by Crippen LogP contribution is -2.33. The maximum absolute atomic E-state index is 12.3. The Morgan fingerprint density at radius 1 is 1.29 bits per heavy atom. The molecule has 0 atom stereocenters. The van der Waals surface area contributed by atoms with Crippen molar-refractivity contribution in [2.75, 3.05) is 18.4 Å². The van der Waals surface area contributed by atoms with Crippen LogP contribution in [0.25, 0.3) is 0 Å². The van der Waals surface area contributed by atoms with Gasteiger partial charge in [-0.1, -0.05) is 47.8 Å². The normalized spacial score (nSPS) is 11.1. The number of rotatable bonds is 6. The molecule has 0 aliphatic heterocycles. The van der Waals surface area contributed by atoms with Crippen LogP contribution in [0.1, 0.15) is 18.2 Å². The maximum atomic E-state index is 12.3. The minimum absolute atomic E-state index is 0.190. The Bertz CT molecular complexity index is 725. The molecule has 1 aromatic carbocycles. The zero-order valence-electron chi connectivity index (χ0n) is 13.7. The highest BCUT2D eigenvalue weighted by molar-refractivity contribution is 6.39. The number of hydrogen-bond donors (Lipinski definition) is 1. The monoisotopic (exact) mass is 388 g/mol. The van der Waals surface area contributed by atoms with E-state index in [1.165, 1.54) is 0 Å². The molecule has 5 nitrogen and oxygen atoms in total. The molecule has 0 bridgehead atoms. The number of hydrogen-bond acceptors (Lipinski definition) is 3. The molecule has 0 spiro atoms. The third kappa shape index (κ3) is 4.42. The fourth-order valence-electron chi connectivity index (χ4n) is 2.36. The summed E-state index contributed by atoms with van der Waals surface area (Å²) in [6.45, 7) is 5.31. The van der Waals surface area contributed by atoms with Crippen LogP contribution in [-0.2, 0) is 18.4 Å². The predicted octanol–water partition coefficient (Wildman–Crippen LogP) is 4.15. The van der Waals surface area contributed by atoms with Gasteiger partial charge in [-0.25, -0.2) is 0 Å². The number of benzene rings is 1. The van der Waals surface area contributed by atoms with Crippen molar-refractivity contribution in [3.63, 3.8) is 0 Å². The molecule has 0 unspecified atom stereocenters. The highest BCUT2D eigenvalue weighted by Crippen LogP contribution is 2.29. The number of para-hydroxylation sites is 1. The first kappa shape index (κ1) is 19.1. The summed E-state index contributed by atoms with van der Waals surface area (Å²) in [4.78, 5) is 14.3. The molecule has 130 valence electrons. The van der Waals surface area contributed by atoms with Gasteiger partial charge in [-0.15, -0.1) is 0 Å². The van der Waals surface area contributed by atoms with Gasteiger partial charge in [0.1, 0.15) is 5.15 Å². The van der Waals surface area contributed by atoms with Crippen LogP contribution in [0, 0.1) is 6.92 Å². The first-order valence-corrected chi connectivity index (χ1v) is 8.61. The van der Waals surface area contributed by atoms with E-state index in [4.69, 9.17) is 34.8 Å². The van der Waals surface area contributed by atoms with E-state index in [1.54, 1.807) is 29.9 Å². The van der Waals surface area contributed by atoms with Gasteiger partial charge in [0.05, 0.1) is 28.0 Å². The number of aryl methyl sites for hydroxylation is 2. The van der Waals surface area contributed by atoms with Crippen LogP contribution in [0.5, 0.6) is 0 Å². The number of amides is 1. The zero-order chi connectivity index (χ0) is 17.9. The zero-order valence-corrected chi connectivity index (χ0v) is 16.0. The Kier molecular flexibility index (Phi) is 6.52. The Morgan fingerprint density at radius 3 is 2.42 bits per heavy atom. The second-order valence-electron chi connectivity index (χ2n) is 5.43. The predicted molar refractivity (Wildman–Crippen MR) is 99.0 cm³/mol. The number of nitrogens with one attached hydrogen (secondary N) is 1. The molecule has 0 saturated carbocycles. The van der Waals surface area contributed by atoms with Crippen LogP contribution < -0.4 is 5.32 Å². The van der Waals surface area contributed by atoms with Crippen LogP contribution in [0.2, 0.25) is 15.2 Å². The summed E-state index contributed by atoms with van der Waals surface area (Å²) < 4.78 is 1.63. The van der Waals surface area contributed by atoms with Crippen LogP contribution >= 0.6 is 34.8 Å². The van der Waals surface area contributed by atoms with Crippen molar-refractivity contribution in [2.45, 2.75) is 20.4 Å². The number of carbonyl (C=O) groups is 1. The van der Waals surface area contributed by atoms with Crippen molar-refractivity contribution in [2.24, 2.45) is 7.05 Å². The minimum atomic E-state index is -0.190. The van der Waals surface area contributed by atoms with Gasteiger partial charge in [0, 0.05) is 19.2 Å². The number of anilines is 1. The fourth-order valence-corrected chi connectivity index (χ4v) is 3.08. The first-order valence-electron chi connectivity index (χ1n) is 7.47. The summed E-state index contributed by atoms with van der Waals surface area (Å²) in [6, 6.07) is 5.09. The van der Waals surface area contributed by atoms with E-state index >= 15 is 0 Å². The molecule has 24 heavy (non-hydrogen) atoms.